The van der Waals surface area contributed by atoms with Crippen LogP contribution in [0.5, 0.6) is 5.75 Å². The number of benzene rings is 2. The summed E-state index contributed by atoms with van der Waals surface area (Å²) in [6.07, 6.45) is 0. The fraction of sp³-hybridized carbons (Fsp3) is 0.105. The third-order valence-electron chi connectivity index (χ3n) is 4.40. The summed E-state index contributed by atoms with van der Waals surface area (Å²) in [5.41, 5.74) is 8.36. The van der Waals surface area contributed by atoms with Gasteiger partial charge in [-0.25, -0.2) is 0 Å². The van der Waals surface area contributed by atoms with E-state index in [0.29, 0.717) is 5.02 Å². The number of hydrogen-bond acceptors (Lipinski definition) is 2. The zero-order valence-corrected chi connectivity index (χ0v) is 13.0. The van der Waals surface area contributed by atoms with Crippen molar-refractivity contribution in [3.8, 4) is 11.8 Å². The number of nitrogens with zero attached hydrogens (tertiary/aromatic N) is 1. The molecule has 0 radical (unpaired) electrons. The van der Waals surface area contributed by atoms with E-state index < -0.39 is 0 Å². The van der Waals surface area contributed by atoms with Crippen LogP contribution in [0, 0.1) is 11.3 Å². The molecule has 106 valence electrons. The quantitative estimate of drug-likeness (QED) is 0.788. The van der Waals surface area contributed by atoms with E-state index in [4.69, 9.17) is 16.3 Å². The smallest absolute Gasteiger partial charge is 0.127 e. The van der Waals surface area contributed by atoms with Crippen molar-refractivity contribution in [1.29, 1.82) is 5.26 Å². The van der Waals surface area contributed by atoms with Gasteiger partial charge in [0, 0.05) is 21.7 Å². The summed E-state index contributed by atoms with van der Waals surface area (Å²) in [4.78, 5) is 0. The van der Waals surface area contributed by atoms with Crippen molar-refractivity contribution in [2.75, 3.05) is 7.11 Å². The molecule has 0 fully saturated rings. The monoisotopic (exact) mass is 305 g/mol. The topological polar surface area (TPSA) is 33.0 Å². The summed E-state index contributed by atoms with van der Waals surface area (Å²) in [6.45, 7) is 2.01. The Morgan fingerprint density at radius 3 is 2.36 bits per heavy atom. The highest BCUT2D eigenvalue weighted by atomic mass is 35.5. The molecule has 2 aliphatic carbocycles. The highest BCUT2D eigenvalue weighted by molar-refractivity contribution is 6.30. The van der Waals surface area contributed by atoms with Gasteiger partial charge in [-0.3, -0.25) is 0 Å². The fourth-order valence-corrected chi connectivity index (χ4v) is 3.60. The van der Waals surface area contributed by atoms with Gasteiger partial charge in [-0.05, 0) is 53.5 Å². The van der Waals surface area contributed by atoms with E-state index >= 15 is 0 Å². The summed E-state index contributed by atoms with van der Waals surface area (Å²) in [6, 6.07) is 14.2. The second-order valence-corrected chi connectivity index (χ2v) is 5.87. The number of hydrogen-bond donors (Lipinski definition) is 0. The lowest BCUT2D eigenvalue weighted by Gasteiger charge is -2.16. The molecule has 2 aliphatic rings. The molecule has 0 saturated heterocycles. The standard InChI is InChI=1S/C19H12ClNO/c1-10-14(9-21)18-13-7-8-15(22-2)19(18)17(16(10)13)11-3-5-12(20)6-4-11/h3-8H,1-2H3. The zero-order chi connectivity index (χ0) is 15.4. The first-order chi connectivity index (χ1) is 10.7. The second kappa shape index (κ2) is 4.50. The Kier molecular flexibility index (Phi) is 2.69. The zero-order valence-electron chi connectivity index (χ0n) is 12.2. The minimum Gasteiger partial charge on any atom is -0.496 e. The van der Waals surface area contributed by atoms with Gasteiger partial charge < -0.3 is 4.74 Å². The Morgan fingerprint density at radius 2 is 1.73 bits per heavy atom. The lowest BCUT2D eigenvalue weighted by molar-refractivity contribution is 0.413. The van der Waals surface area contributed by atoms with Gasteiger partial charge in [-0.2, -0.15) is 5.26 Å². The van der Waals surface area contributed by atoms with E-state index in [0.717, 1.165) is 50.3 Å². The van der Waals surface area contributed by atoms with Crippen molar-refractivity contribution < 1.29 is 4.74 Å². The van der Waals surface area contributed by atoms with Crippen molar-refractivity contribution in [3.05, 3.63) is 69.2 Å². The van der Waals surface area contributed by atoms with Gasteiger partial charge in [-0.1, -0.05) is 23.7 Å². The van der Waals surface area contributed by atoms with Gasteiger partial charge >= 0.3 is 0 Å². The predicted molar refractivity (Wildman–Crippen MR) is 88.6 cm³/mol. The Bertz CT molecular complexity index is 927. The molecule has 0 amide bonds. The minimum atomic E-state index is 0.713. The highest BCUT2D eigenvalue weighted by Crippen LogP contribution is 2.57. The minimum absolute atomic E-state index is 0.713. The summed E-state index contributed by atoms with van der Waals surface area (Å²) in [5, 5.41) is 10.2. The summed E-state index contributed by atoms with van der Waals surface area (Å²) >= 11 is 6.01. The number of nitriles is 1. The molecular formula is C19H12ClNO. The lowest BCUT2D eigenvalue weighted by Crippen LogP contribution is -1.98. The molecule has 3 heteroatoms. The average Bonchev–Trinajstić information content (AvgIpc) is 2.93. The van der Waals surface area contributed by atoms with E-state index in [1.807, 2.05) is 43.3 Å². The third-order valence-corrected chi connectivity index (χ3v) is 4.65. The van der Waals surface area contributed by atoms with Crippen molar-refractivity contribution in [2.45, 2.75) is 6.92 Å². The maximum absolute atomic E-state index is 9.50. The SMILES string of the molecule is COc1ccc2c3c1C(c1ccc(Cl)cc1)=C2C(C)=C3C#N. The molecule has 22 heavy (non-hydrogen) atoms. The first kappa shape index (κ1) is 13.2. The van der Waals surface area contributed by atoms with Crippen LogP contribution in [0.1, 0.15) is 29.2 Å². The Morgan fingerprint density at radius 1 is 1.00 bits per heavy atom. The molecular weight excluding hydrogens is 294 g/mol. The summed E-state index contributed by atoms with van der Waals surface area (Å²) in [5.74, 6) is 0.805. The molecule has 0 aliphatic heterocycles. The van der Waals surface area contributed by atoms with Gasteiger partial charge in [0.25, 0.3) is 0 Å². The largest absolute Gasteiger partial charge is 0.496 e. The van der Waals surface area contributed by atoms with Crippen LogP contribution in [0.2, 0.25) is 5.02 Å². The van der Waals surface area contributed by atoms with E-state index in [2.05, 4.69) is 6.07 Å². The highest BCUT2D eigenvalue weighted by Gasteiger charge is 2.38. The Balaban J connectivity index is 2.08. The molecule has 0 unspecified atom stereocenters. The van der Waals surface area contributed by atoms with Crippen molar-refractivity contribution >= 4 is 28.3 Å². The van der Waals surface area contributed by atoms with Crippen LogP contribution in [0.4, 0.5) is 0 Å². The van der Waals surface area contributed by atoms with Crippen LogP contribution in [0.25, 0.3) is 16.7 Å². The molecule has 0 heterocycles. The first-order valence-corrected chi connectivity index (χ1v) is 7.38. The van der Waals surface area contributed by atoms with Crippen molar-refractivity contribution in [3.63, 3.8) is 0 Å². The Hall–Kier alpha value is -2.50. The Labute approximate surface area is 133 Å². The van der Waals surface area contributed by atoms with Crippen molar-refractivity contribution in [1.82, 2.24) is 0 Å². The van der Waals surface area contributed by atoms with Gasteiger partial charge in [0.05, 0.1) is 12.7 Å². The van der Waals surface area contributed by atoms with Crippen LogP contribution in [0.3, 0.4) is 0 Å². The molecule has 0 spiro atoms. The summed E-state index contributed by atoms with van der Waals surface area (Å²) < 4.78 is 5.54. The third kappa shape index (κ3) is 1.49. The number of methoxy groups -OCH3 is 1. The van der Waals surface area contributed by atoms with E-state index in [-0.39, 0.29) is 0 Å². The predicted octanol–water partition coefficient (Wildman–Crippen LogP) is 4.93. The molecule has 0 saturated carbocycles. The van der Waals surface area contributed by atoms with Crippen LogP contribution < -0.4 is 4.74 Å². The molecule has 0 N–H and O–H groups in total. The van der Waals surface area contributed by atoms with Gasteiger partial charge in [0.2, 0.25) is 0 Å². The van der Waals surface area contributed by atoms with Crippen LogP contribution in [0.15, 0.2) is 42.0 Å². The van der Waals surface area contributed by atoms with E-state index in [1.54, 1.807) is 7.11 Å². The molecule has 0 atom stereocenters. The van der Waals surface area contributed by atoms with Crippen LogP contribution in [-0.4, -0.2) is 7.11 Å². The molecule has 2 aromatic carbocycles. The number of halogens is 1. The molecule has 4 bridgehead atoms. The number of rotatable bonds is 2. The molecule has 2 aromatic rings. The normalized spacial score (nSPS) is 14.6. The first-order valence-electron chi connectivity index (χ1n) is 7.01. The maximum Gasteiger partial charge on any atom is 0.127 e. The molecule has 4 rings (SSSR count). The van der Waals surface area contributed by atoms with E-state index in [9.17, 15) is 5.26 Å². The fourth-order valence-electron chi connectivity index (χ4n) is 3.48. The number of allylic oxidation sites excluding steroid dienone is 3. The lowest BCUT2D eigenvalue weighted by atomic mass is 9.88. The maximum atomic E-state index is 9.50. The van der Waals surface area contributed by atoms with Gasteiger partial charge in [-0.15, -0.1) is 0 Å². The van der Waals surface area contributed by atoms with Gasteiger partial charge in [0.15, 0.2) is 0 Å². The van der Waals surface area contributed by atoms with Crippen LogP contribution >= 0.6 is 11.6 Å². The van der Waals surface area contributed by atoms with Crippen LogP contribution in [-0.2, 0) is 0 Å². The number of ether oxygens (including phenoxy) is 1. The van der Waals surface area contributed by atoms with Gasteiger partial charge in [0.1, 0.15) is 11.8 Å². The summed E-state index contributed by atoms with van der Waals surface area (Å²) in [7, 11) is 1.66. The second-order valence-electron chi connectivity index (χ2n) is 5.43. The molecule has 2 nitrogen and oxygen atoms in total. The van der Waals surface area contributed by atoms with Crippen molar-refractivity contribution in [2.24, 2.45) is 0 Å². The molecule has 0 aromatic heterocycles. The average molecular weight is 306 g/mol. The van der Waals surface area contributed by atoms with E-state index in [1.165, 1.54) is 0 Å².